The Bertz CT molecular complexity index is 797. The van der Waals surface area contributed by atoms with E-state index >= 15 is 0 Å². The van der Waals surface area contributed by atoms with Crippen molar-refractivity contribution in [3.8, 4) is 11.4 Å². The van der Waals surface area contributed by atoms with Crippen molar-refractivity contribution in [2.45, 2.75) is 12.3 Å². The van der Waals surface area contributed by atoms with Crippen molar-refractivity contribution < 1.29 is 9.90 Å². The Morgan fingerprint density at radius 2 is 2.35 bits per heavy atom. The van der Waals surface area contributed by atoms with Gasteiger partial charge in [-0.2, -0.15) is 9.61 Å². The fourth-order valence-electron chi connectivity index (χ4n) is 2.20. The first-order valence-corrected chi connectivity index (χ1v) is 6.91. The number of aromatic nitrogens is 5. The molecule has 2 atom stereocenters. The van der Waals surface area contributed by atoms with E-state index in [1.807, 2.05) is 12.1 Å². The minimum absolute atomic E-state index is 0.0148. The topological polar surface area (TPSA) is 93.3 Å². The van der Waals surface area contributed by atoms with E-state index in [9.17, 15) is 4.79 Å². The summed E-state index contributed by atoms with van der Waals surface area (Å²) in [6, 6.07) is 3.71. The molecule has 0 saturated heterocycles. The number of hydrogen-bond acceptors (Lipinski definition) is 6. The predicted molar refractivity (Wildman–Crippen MR) is 70.4 cm³/mol. The van der Waals surface area contributed by atoms with Crippen molar-refractivity contribution in [1.82, 2.24) is 24.8 Å². The van der Waals surface area contributed by atoms with Crippen LogP contribution in [0.25, 0.3) is 16.3 Å². The summed E-state index contributed by atoms with van der Waals surface area (Å²) in [5, 5.41) is 22.4. The number of rotatable bonds is 3. The molecule has 4 rings (SSSR count). The van der Waals surface area contributed by atoms with Gasteiger partial charge >= 0.3 is 5.97 Å². The Balaban J connectivity index is 1.75. The first kappa shape index (κ1) is 11.5. The van der Waals surface area contributed by atoms with Crippen molar-refractivity contribution >= 4 is 22.3 Å². The molecular weight excluding hydrogens is 278 g/mol. The standard InChI is InChI=1S/C12H9N5O2S/c18-11(19)8-4-7(8)10-16-17-9(14-15-12(17)20-10)6-2-1-3-13-5-6/h1-3,5,7-8H,4H2,(H,18,19). The minimum Gasteiger partial charge on any atom is -0.481 e. The summed E-state index contributed by atoms with van der Waals surface area (Å²) >= 11 is 1.40. The number of carboxylic acid groups (broad SMARTS) is 1. The summed E-state index contributed by atoms with van der Waals surface area (Å²) in [5.74, 6) is -0.418. The summed E-state index contributed by atoms with van der Waals surface area (Å²) in [6.45, 7) is 0. The molecule has 0 bridgehead atoms. The normalized spacial score (nSPS) is 21.2. The Morgan fingerprint density at radius 1 is 1.45 bits per heavy atom. The van der Waals surface area contributed by atoms with Gasteiger partial charge in [0.15, 0.2) is 5.82 Å². The molecule has 0 amide bonds. The Kier molecular flexibility index (Phi) is 2.34. The molecule has 20 heavy (non-hydrogen) atoms. The fourth-order valence-corrected chi connectivity index (χ4v) is 3.21. The summed E-state index contributed by atoms with van der Waals surface area (Å²) in [7, 11) is 0. The number of aliphatic carboxylic acids is 1. The molecule has 0 spiro atoms. The number of fused-ring (bicyclic) bond motifs is 1. The maximum absolute atomic E-state index is 10.9. The van der Waals surface area contributed by atoms with Crippen LogP contribution in [0, 0.1) is 5.92 Å². The van der Waals surface area contributed by atoms with E-state index in [2.05, 4.69) is 20.3 Å². The number of carbonyl (C=O) groups is 1. The largest absolute Gasteiger partial charge is 0.481 e. The van der Waals surface area contributed by atoms with E-state index in [0.717, 1.165) is 10.6 Å². The lowest BCUT2D eigenvalue weighted by atomic mass is 10.3. The molecule has 3 aromatic heterocycles. The zero-order valence-electron chi connectivity index (χ0n) is 10.2. The van der Waals surface area contributed by atoms with Gasteiger partial charge in [0.2, 0.25) is 4.96 Å². The third-order valence-corrected chi connectivity index (χ3v) is 4.38. The zero-order chi connectivity index (χ0) is 13.7. The maximum atomic E-state index is 10.9. The van der Waals surface area contributed by atoms with Gasteiger partial charge in [0.1, 0.15) is 5.01 Å². The van der Waals surface area contributed by atoms with E-state index in [1.54, 1.807) is 16.9 Å². The SMILES string of the molecule is O=C(O)C1CC1c1nn2c(-c3cccnc3)nnc2s1. The van der Waals surface area contributed by atoms with Crippen LogP contribution in [-0.2, 0) is 4.79 Å². The van der Waals surface area contributed by atoms with Crippen LogP contribution in [0.1, 0.15) is 17.3 Å². The van der Waals surface area contributed by atoms with Crippen LogP contribution in [-0.4, -0.2) is 35.9 Å². The third-order valence-electron chi connectivity index (χ3n) is 3.35. The average molecular weight is 287 g/mol. The quantitative estimate of drug-likeness (QED) is 0.783. The molecule has 0 aliphatic heterocycles. The zero-order valence-corrected chi connectivity index (χ0v) is 11.0. The second-order valence-electron chi connectivity index (χ2n) is 4.69. The van der Waals surface area contributed by atoms with Crippen LogP contribution >= 0.6 is 11.3 Å². The summed E-state index contributed by atoms with van der Waals surface area (Å²) in [6.07, 6.45) is 4.05. The van der Waals surface area contributed by atoms with Crippen LogP contribution in [0.3, 0.4) is 0 Å². The molecule has 1 aliphatic rings. The summed E-state index contributed by atoms with van der Waals surface area (Å²) in [4.78, 5) is 15.7. The Morgan fingerprint density at radius 3 is 3.05 bits per heavy atom. The van der Waals surface area contributed by atoms with Gasteiger partial charge in [-0.05, 0) is 18.6 Å². The van der Waals surface area contributed by atoms with Gasteiger partial charge in [0.05, 0.1) is 5.92 Å². The molecule has 1 aliphatic carbocycles. The third kappa shape index (κ3) is 1.68. The molecule has 1 fully saturated rings. The second-order valence-corrected chi connectivity index (χ2v) is 5.67. The van der Waals surface area contributed by atoms with Gasteiger partial charge in [0, 0.05) is 23.9 Å². The highest BCUT2D eigenvalue weighted by Crippen LogP contribution is 2.48. The summed E-state index contributed by atoms with van der Waals surface area (Å²) < 4.78 is 1.66. The molecule has 3 heterocycles. The molecule has 1 N–H and O–H groups in total. The lowest BCUT2D eigenvalue weighted by Gasteiger charge is -1.94. The molecular formula is C12H9N5O2S. The summed E-state index contributed by atoms with van der Waals surface area (Å²) in [5.41, 5.74) is 0.836. The first-order chi connectivity index (χ1) is 9.74. The van der Waals surface area contributed by atoms with Crippen LogP contribution in [0.5, 0.6) is 0 Å². The molecule has 3 aromatic rings. The van der Waals surface area contributed by atoms with Gasteiger partial charge in [0.25, 0.3) is 0 Å². The highest BCUT2D eigenvalue weighted by atomic mass is 32.1. The van der Waals surface area contributed by atoms with Gasteiger partial charge in [-0.1, -0.05) is 11.3 Å². The van der Waals surface area contributed by atoms with E-state index in [1.165, 1.54) is 11.3 Å². The number of pyridine rings is 1. The number of nitrogens with zero attached hydrogens (tertiary/aromatic N) is 5. The number of carboxylic acids is 1. The lowest BCUT2D eigenvalue weighted by Crippen LogP contribution is -1.99. The van der Waals surface area contributed by atoms with Crippen molar-refractivity contribution in [3.05, 3.63) is 29.5 Å². The maximum Gasteiger partial charge on any atom is 0.307 e. The first-order valence-electron chi connectivity index (χ1n) is 6.09. The van der Waals surface area contributed by atoms with E-state index in [-0.39, 0.29) is 11.8 Å². The molecule has 0 radical (unpaired) electrons. The molecule has 0 aromatic carbocycles. The minimum atomic E-state index is -0.756. The lowest BCUT2D eigenvalue weighted by molar-refractivity contribution is -0.138. The van der Waals surface area contributed by atoms with E-state index in [4.69, 9.17) is 5.11 Å². The molecule has 1 saturated carbocycles. The van der Waals surface area contributed by atoms with E-state index < -0.39 is 5.97 Å². The van der Waals surface area contributed by atoms with Crippen LogP contribution in [0.4, 0.5) is 0 Å². The smallest absolute Gasteiger partial charge is 0.307 e. The van der Waals surface area contributed by atoms with Crippen LogP contribution in [0.15, 0.2) is 24.5 Å². The van der Waals surface area contributed by atoms with Crippen molar-refractivity contribution in [3.63, 3.8) is 0 Å². The predicted octanol–water partition coefficient (Wildman–Crippen LogP) is 1.44. The van der Waals surface area contributed by atoms with Crippen molar-refractivity contribution in [1.29, 1.82) is 0 Å². The van der Waals surface area contributed by atoms with Crippen LogP contribution < -0.4 is 0 Å². The molecule has 8 heteroatoms. The van der Waals surface area contributed by atoms with Crippen LogP contribution in [0.2, 0.25) is 0 Å². The second kappa shape index (κ2) is 4.07. The van der Waals surface area contributed by atoms with Crippen molar-refractivity contribution in [2.75, 3.05) is 0 Å². The highest BCUT2D eigenvalue weighted by molar-refractivity contribution is 7.16. The van der Waals surface area contributed by atoms with Gasteiger partial charge in [-0.15, -0.1) is 10.2 Å². The van der Waals surface area contributed by atoms with Gasteiger partial charge < -0.3 is 5.11 Å². The Hall–Kier alpha value is -2.35. The fraction of sp³-hybridized carbons (Fsp3) is 0.250. The molecule has 100 valence electrons. The molecule has 7 nitrogen and oxygen atoms in total. The van der Waals surface area contributed by atoms with Gasteiger partial charge in [-0.25, -0.2) is 0 Å². The average Bonchev–Trinajstić information content (AvgIpc) is 3.01. The molecule has 2 unspecified atom stereocenters. The van der Waals surface area contributed by atoms with Gasteiger partial charge in [-0.3, -0.25) is 9.78 Å². The monoisotopic (exact) mass is 287 g/mol. The van der Waals surface area contributed by atoms with Crippen molar-refractivity contribution in [2.24, 2.45) is 5.92 Å². The highest BCUT2D eigenvalue weighted by Gasteiger charge is 2.46. The Labute approximate surface area is 116 Å². The van der Waals surface area contributed by atoms with E-state index in [0.29, 0.717) is 17.2 Å². The number of hydrogen-bond donors (Lipinski definition) is 1.